The van der Waals surface area contributed by atoms with Gasteiger partial charge in [0, 0.05) is 16.4 Å². The summed E-state index contributed by atoms with van der Waals surface area (Å²) in [6, 6.07) is 18.5. The van der Waals surface area contributed by atoms with Crippen LogP contribution in [-0.2, 0) is 0 Å². The van der Waals surface area contributed by atoms with E-state index in [1.807, 2.05) is 48.5 Å². The van der Waals surface area contributed by atoms with E-state index >= 15 is 0 Å². The number of halogens is 1. The van der Waals surface area contributed by atoms with Crippen molar-refractivity contribution in [2.75, 3.05) is 17.7 Å². The molecule has 6 heteroatoms. The molecule has 126 valence electrons. The molecule has 0 atom stereocenters. The van der Waals surface area contributed by atoms with Gasteiger partial charge in [0.1, 0.15) is 11.4 Å². The fourth-order valence-electron chi connectivity index (χ4n) is 2.28. The van der Waals surface area contributed by atoms with Crippen LogP contribution in [-0.4, -0.2) is 18.0 Å². The van der Waals surface area contributed by atoms with Gasteiger partial charge in [0.25, 0.3) is 5.91 Å². The molecule has 0 radical (unpaired) electrons. The fourth-order valence-corrected chi connectivity index (χ4v) is 2.67. The quantitative estimate of drug-likeness (QED) is 0.645. The van der Waals surface area contributed by atoms with E-state index in [2.05, 4.69) is 31.5 Å². The Labute approximate surface area is 154 Å². The average Bonchev–Trinajstić information content (AvgIpc) is 2.64. The second-order valence-electron chi connectivity index (χ2n) is 5.19. The van der Waals surface area contributed by atoms with Crippen molar-refractivity contribution in [2.45, 2.75) is 0 Å². The van der Waals surface area contributed by atoms with Gasteiger partial charge in [-0.05, 0) is 52.3 Å². The standard InChI is InChI=1S/C19H16BrN3O2/c1-25-18-9-5-4-8-16(18)22-13-10-11-21-17(12-13)19(24)23-15-7-3-2-6-14(15)20/h2-12H,1H3,(H,21,22)(H,23,24). The van der Waals surface area contributed by atoms with Crippen LogP contribution in [0, 0.1) is 0 Å². The Bertz CT molecular complexity index is 899. The monoisotopic (exact) mass is 397 g/mol. The minimum Gasteiger partial charge on any atom is -0.495 e. The van der Waals surface area contributed by atoms with Crippen molar-refractivity contribution in [3.8, 4) is 5.75 Å². The lowest BCUT2D eigenvalue weighted by Crippen LogP contribution is -2.14. The molecular weight excluding hydrogens is 382 g/mol. The maximum absolute atomic E-state index is 12.4. The Morgan fingerprint density at radius 3 is 2.52 bits per heavy atom. The number of nitrogens with zero attached hydrogens (tertiary/aromatic N) is 1. The fraction of sp³-hybridized carbons (Fsp3) is 0.0526. The van der Waals surface area contributed by atoms with E-state index in [9.17, 15) is 4.79 Å². The van der Waals surface area contributed by atoms with E-state index < -0.39 is 0 Å². The number of para-hydroxylation sites is 3. The number of benzene rings is 2. The number of ether oxygens (including phenoxy) is 1. The Morgan fingerprint density at radius 2 is 1.76 bits per heavy atom. The summed E-state index contributed by atoms with van der Waals surface area (Å²) in [6.07, 6.45) is 1.59. The van der Waals surface area contributed by atoms with Crippen molar-refractivity contribution in [1.82, 2.24) is 4.98 Å². The lowest BCUT2D eigenvalue weighted by molar-refractivity contribution is 0.102. The highest BCUT2D eigenvalue weighted by Gasteiger charge is 2.11. The molecular formula is C19H16BrN3O2. The minimum absolute atomic E-state index is 0.282. The molecule has 3 aromatic rings. The van der Waals surface area contributed by atoms with Gasteiger partial charge in [-0.3, -0.25) is 9.78 Å². The Hall–Kier alpha value is -2.86. The van der Waals surface area contributed by atoms with Crippen LogP contribution in [0.2, 0.25) is 0 Å². The molecule has 0 saturated heterocycles. The van der Waals surface area contributed by atoms with Crippen LogP contribution < -0.4 is 15.4 Å². The van der Waals surface area contributed by atoms with Crippen LogP contribution in [0.25, 0.3) is 0 Å². The van der Waals surface area contributed by atoms with Crippen LogP contribution >= 0.6 is 15.9 Å². The topological polar surface area (TPSA) is 63.2 Å². The highest BCUT2D eigenvalue weighted by Crippen LogP contribution is 2.27. The van der Waals surface area contributed by atoms with Crippen molar-refractivity contribution < 1.29 is 9.53 Å². The van der Waals surface area contributed by atoms with E-state index in [4.69, 9.17) is 4.74 Å². The number of carbonyl (C=O) groups is 1. The molecule has 0 bridgehead atoms. The second kappa shape index (κ2) is 7.81. The molecule has 1 amide bonds. The first-order valence-corrected chi connectivity index (χ1v) is 8.38. The van der Waals surface area contributed by atoms with Crippen LogP contribution in [0.5, 0.6) is 5.75 Å². The Kier molecular flexibility index (Phi) is 5.30. The summed E-state index contributed by atoms with van der Waals surface area (Å²) in [7, 11) is 1.61. The number of pyridine rings is 1. The zero-order valence-corrected chi connectivity index (χ0v) is 15.1. The van der Waals surface area contributed by atoms with Gasteiger partial charge in [-0.15, -0.1) is 0 Å². The van der Waals surface area contributed by atoms with E-state index in [1.54, 1.807) is 25.4 Å². The van der Waals surface area contributed by atoms with Gasteiger partial charge in [0.15, 0.2) is 0 Å². The first-order valence-electron chi connectivity index (χ1n) is 7.59. The van der Waals surface area contributed by atoms with E-state index in [1.165, 1.54) is 0 Å². The van der Waals surface area contributed by atoms with Gasteiger partial charge in [0.05, 0.1) is 18.5 Å². The molecule has 2 N–H and O–H groups in total. The predicted molar refractivity (Wildman–Crippen MR) is 103 cm³/mol. The molecule has 5 nitrogen and oxygen atoms in total. The van der Waals surface area contributed by atoms with Crippen LogP contribution in [0.15, 0.2) is 71.3 Å². The summed E-state index contributed by atoms with van der Waals surface area (Å²) >= 11 is 3.41. The molecule has 0 saturated carbocycles. The molecule has 25 heavy (non-hydrogen) atoms. The van der Waals surface area contributed by atoms with Crippen molar-refractivity contribution in [3.05, 3.63) is 77.0 Å². The van der Waals surface area contributed by atoms with Gasteiger partial charge in [-0.2, -0.15) is 0 Å². The minimum atomic E-state index is -0.282. The summed E-state index contributed by atoms with van der Waals surface area (Å²) in [4.78, 5) is 16.6. The molecule has 0 fully saturated rings. The van der Waals surface area contributed by atoms with E-state index in [-0.39, 0.29) is 5.91 Å². The maximum Gasteiger partial charge on any atom is 0.274 e. The third kappa shape index (κ3) is 4.16. The molecule has 0 aliphatic carbocycles. The highest BCUT2D eigenvalue weighted by atomic mass is 79.9. The zero-order chi connectivity index (χ0) is 17.6. The van der Waals surface area contributed by atoms with Crippen LogP contribution in [0.1, 0.15) is 10.5 Å². The largest absolute Gasteiger partial charge is 0.495 e. The normalized spacial score (nSPS) is 10.2. The second-order valence-corrected chi connectivity index (χ2v) is 6.04. The third-order valence-corrected chi connectivity index (χ3v) is 4.19. The Morgan fingerprint density at radius 1 is 1.04 bits per heavy atom. The van der Waals surface area contributed by atoms with Gasteiger partial charge in [-0.1, -0.05) is 24.3 Å². The summed E-state index contributed by atoms with van der Waals surface area (Å²) in [5.74, 6) is 0.439. The van der Waals surface area contributed by atoms with Gasteiger partial charge >= 0.3 is 0 Å². The summed E-state index contributed by atoms with van der Waals surface area (Å²) in [6.45, 7) is 0. The molecule has 0 aliphatic rings. The number of aromatic nitrogens is 1. The lowest BCUT2D eigenvalue weighted by atomic mass is 10.2. The number of hydrogen-bond acceptors (Lipinski definition) is 4. The van der Waals surface area contributed by atoms with Gasteiger partial charge < -0.3 is 15.4 Å². The van der Waals surface area contributed by atoms with Crippen molar-refractivity contribution in [2.24, 2.45) is 0 Å². The molecule has 0 aliphatic heterocycles. The molecule has 1 aromatic heterocycles. The van der Waals surface area contributed by atoms with Crippen LogP contribution in [0.4, 0.5) is 17.1 Å². The van der Waals surface area contributed by atoms with Gasteiger partial charge in [-0.25, -0.2) is 0 Å². The zero-order valence-electron chi connectivity index (χ0n) is 13.5. The van der Waals surface area contributed by atoms with E-state index in [0.29, 0.717) is 11.4 Å². The number of anilines is 3. The molecule has 2 aromatic carbocycles. The SMILES string of the molecule is COc1ccccc1Nc1ccnc(C(=O)Nc2ccccc2Br)c1. The Balaban J connectivity index is 1.79. The number of nitrogens with one attached hydrogen (secondary N) is 2. The molecule has 0 unspecified atom stereocenters. The number of hydrogen-bond donors (Lipinski definition) is 2. The predicted octanol–water partition coefficient (Wildman–Crippen LogP) is 4.85. The number of carbonyl (C=O) groups excluding carboxylic acids is 1. The number of rotatable bonds is 5. The van der Waals surface area contributed by atoms with Crippen LogP contribution in [0.3, 0.4) is 0 Å². The third-order valence-electron chi connectivity index (χ3n) is 3.50. The highest BCUT2D eigenvalue weighted by molar-refractivity contribution is 9.10. The first-order chi connectivity index (χ1) is 12.2. The smallest absolute Gasteiger partial charge is 0.274 e. The van der Waals surface area contributed by atoms with Crippen molar-refractivity contribution >= 4 is 38.9 Å². The molecule has 0 spiro atoms. The maximum atomic E-state index is 12.4. The summed E-state index contributed by atoms with van der Waals surface area (Å²) in [5.41, 5.74) is 2.57. The van der Waals surface area contributed by atoms with Gasteiger partial charge in [0.2, 0.25) is 0 Å². The molecule has 3 rings (SSSR count). The van der Waals surface area contributed by atoms with Crippen molar-refractivity contribution in [3.63, 3.8) is 0 Å². The number of amides is 1. The first kappa shape index (κ1) is 17.0. The van der Waals surface area contributed by atoms with E-state index in [0.717, 1.165) is 21.6 Å². The average molecular weight is 398 g/mol. The number of methoxy groups -OCH3 is 1. The summed E-state index contributed by atoms with van der Waals surface area (Å²) in [5, 5.41) is 6.08. The lowest BCUT2D eigenvalue weighted by Gasteiger charge is -2.12. The van der Waals surface area contributed by atoms with Crippen molar-refractivity contribution in [1.29, 1.82) is 0 Å². The molecule has 1 heterocycles. The summed E-state index contributed by atoms with van der Waals surface area (Å²) < 4.78 is 6.14.